The van der Waals surface area contributed by atoms with Crippen molar-refractivity contribution in [2.45, 2.75) is 12.8 Å². The molecular formula is C14H19N3O3S2. The first kappa shape index (κ1) is 16.9. The van der Waals surface area contributed by atoms with Crippen LogP contribution in [0.15, 0.2) is 24.3 Å². The third-order valence-corrected chi connectivity index (χ3v) is 4.58. The van der Waals surface area contributed by atoms with Gasteiger partial charge < -0.3 is 10.1 Å². The minimum Gasteiger partial charge on any atom is -0.384 e. The van der Waals surface area contributed by atoms with E-state index in [1.165, 1.54) is 17.8 Å². The molecule has 0 amide bonds. The summed E-state index contributed by atoms with van der Waals surface area (Å²) >= 11 is 1.31. The summed E-state index contributed by atoms with van der Waals surface area (Å²) in [5, 5.41) is 3.92. The van der Waals surface area contributed by atoms with E-state index in [1.54, 1.807) is 7.11 Å². The number of aryl methyl sites for hydroxylation is 1. The van der Waals surface area contributed by atoms with Crippen molar-refractivity contribution in [2.75, 3.05) is 31.0 Å². The molecule has 0 atom stereocenters. The predicted molar refractivity (Wildman–Crippen MR) is 88.6 cm³/mol. The van der Waals surface area contributed by atoms with Crippen LogP contribution in [0.5, 0.6) is 0 Å². The number of rotatable bonds is 8. The summed E-state index contributed by atoms with van der Waals surface area (Å²) in [5.41, 5.74) is 1.89. The van der Waals surface area contributed by atoms with Crippen LogP contribution in [0.3, 0.4) is 0 Å². The van der Waals surface area contributed by atoms with Crippen molar-refractivity contribution in [3.63, 3.8) is 0 Å². The Hall–Kier alpha value is -1.51. The molecule has 1 heterocycles. The first-order valence-electron chi connectivity index (χ1n) is 6.81. The van der Waals surface area contributed by atoms with Gasteiger partial charge in [0.15, 0.2) is 0 Å². The van der Waals surface area contributed by atoms with Crippen LogP contribution < -0.4 is 5.32 Å². The maximum atomic E-state index is 11.2. The highest BCUT2D eigenvalue weighted by Gasteiger charge is 2.05. The number of sulfone groups is 1. The minimum absolute atomic E-state index is 0.166. The molecule has 1 aromatic heterocycles. The maximum Gasteiger partial charge on any atom is 0.207 e. The van der Waals surface area contributed by atoms with E-state index in [4.69, 9.17) is 4.74 Å². The Morgan fingerprint density at radius 1 is 1.23 bits per heavy atom. The fraction of sp³-hybridized carbons (Fsp3) is 0.429. The SMILES string of the molecule is COCCc1nsc(Nc2ccc(CCS(C)(=O)=O)cc2)n1. The Morgan fingerprint density at radius 3 is 2.59 bits per heavy atom. The van der Waals surface area contributed by atoms with Crippen LogP contribution in [-0.2, 0) is 27.4 Å². The van der Waals surface area contributed by atoms with E-state index in [1.807, 2.05) is 24.3 Å². The minimum atomic E-state index is -2.93. The molecule has 0 radical (unpaired) electrons. The number of hydrogen-bond acceptors (Lipinski definition) is 7. The fourth-order valence-corrected chi connectivity index (χ4v) is 3.02. The topological polar surface area (TPSA) is 81.2 Å². The Morgan fingerprint density at radius 2 is 1.95 bits per heavy atom. The Kier molecular flexibility index (Phi) is 5.87. The lowest BCUT2D eigenvalue weighted by Gasteiger charge is -2.04. The van der Waals surface area contributed by atoms with Crippen molar-refractivity contribution in [3.8, 4) is 0 Å². The van der Waals surface area contributed by atoms with Gasteiger partial charge >= 0.3 is 0 Å². The molecule has 0 aliphatic rings. The van der Waals surface area contributed by atoms with Gasteiger partial charge in [0.25, 0.3) is 0 Å². The average molecular weight is 341 g/mol. The molecule has 22 heavy (non-hydrogen) atoms. The van der Waals surface area contributed by atoms with E-state index in [0.29, 0.717) is 19.4 Å². The van der Waals surface area contributed by atoms with Crippen molar-refractivity contribution < 1.29 is 13.2 Å². The number of anilines is 2. The van der Waals surface area contributed by atoms with Gasteiger partial charge in [-0.1, -0.05) is 12.1 Å². The standard InChI is InChI=1S/C14H19N3O3S2/c1-20-9-7-13-16-14(21-17-13)15-12-5-3-11(4-6-12)8-10-22(2,18)19/h3-6H,7-10H2,1-2H3,(H,15,16,17). The molecular weight excluding hydrogens is 322 g/mol. The zero-order valence-corrected chi connectivity index (χ0v) is 14.2. The van der Waals surface area contributed by atoms with Gasteiger partial charge in [0.2, 0.25) is 5.13 Å². The highest BCUT2D eigenvalue weighted by Crippen LogP contribution is 2.19. The quantitative estimate of drug-likeness (QED) is 0.791. The van der Waals surface area contributed by atoms with E-state index in [9.17, 15) is 8.42 Å². The van der Waals surface area contributed by atoms with Crippen molar-refractivity contribution >= 4 is 32.2 Å². The van der Waals surface area contributed by atoms with E-state index in [2.05, 4.69) is 14.7 Å². The van der Waals surface area contributed by atoms with Crippen LogP contribution in [-0.4, -0.2) is 43.5 Å². The molecule has 120 valence electrons. The zero-order valence-electron chi connectivity index (χ0n) is 12.6. The summed E-state index contributed by atoms with van der Waals surface area (Å²) in [6, 6.07) is 7.66. The van der Waals surface area contributed by atoms with Gasteiger partial charge in [-0.15, -0.1) is 0 Å². The molecule has 0 fully saturated rings. The summed E-state index contributed by atoms with van der Waals surface area (Å²) in [6.07, 6.45) is 2.47. The van der Waals surface area contributed by atoms with E-state index < -0.39 is 9.84 Å². The monoisotopic (exact) mass is 341 g/mol. The highest BCUT2D eigenvalue weighted by atomic mass is 32.2. The van der Waals surface area contributed by atoms with Crippen molar-refractivity contribution in [2.24, 2.45) is 0 Å². The highest BCUT2D eigenvalue weighted by molar-refractivity contribution is 7.90. The lowest BCUT2D eigenvalue weighted by Crippen LogP contribution is -2.05. The largest absolute Gasteiger partial charge is 0.384 e. The van der Waals surface area contributed by atoms with Gasteiger partial charge in [-0.2, -0.15) is 4.37 Å². The molecule has 0 spiro atoms. The molecule has 0 saturated carbocycles. The van der Waals surface area contributed by atoms with Crippen LogP contribution >= 0.6 is 11.5 Å². The first-order chi connectivity index (χ1) is 10.5. The summed E-state index contributed by atoms with van der Waals surface area (Å²) in [5.74, 6) is 0.929. The lowest BCUT2D eigenvalue weighted by molar-refractivity contribution is 0.201. The average Bonchev–Trinajstić information content (AvgIpc) is 2.91. The van der Waals surface area contributed by atoms with Crippen molar-refractivity contribution in [1.82, 2.24) is 9.36 Å². The molecule has 0 unspecified atom stereocenters. The predicted octanol–water partition coefficient (Wildman–Crippen LogP) is 2.06. The van der Waals surface area contributed by atoms with Gasteiger partial charge in [0.05, 0.1) is 12.4 Å². The fourth-order valence-electron chi connectivity index (χ4n) is 1.78. The zero-order chi connectivity index (χ0) is 16.0. The summed E-state index contributed by atoms with van der Waals surface area (Å²) in [6.45, 7) is 0.602. The number of nitrogens with one attached hydrogen (secondary N) is 1. The van der Waals surface area contributed by atoms with E-state index in [-0.39, 0.29) is 5.75 Å². The van der Waals surface area contributed by atoms with Crippen molar-refractivity contribution in [3.05, 3.63) is 35.7 Å². The van der Waals surface area contributed by atoms with Crippen molar-refractivity contribution in [1.29, 1.82) is 0 Å². The van der Waals surface area contributed by atoms with E-state index in [0.717, 1.165) is 22.2 Å². The van der Waals surface area contributed by atoms with Gasteiger partial charge in [-0.25, -0.2) is 13.4 Å². The number of aromatic nitrogens is 2. The van der Waals surface area contributed by atoms with Gasteiger partial charge in [0, 0.05) is 37.0 Å². The van der Waals surface area contributed by atoms with Gasteiger partial charge in [-0.05, 0) is 24.1 Å². The molecule has 2 aromatic rings. The van der Waals surface area contributed by atoms with Crippen LogP contribution in [0.25, 0.3) is 0 Å². The number of hydrogen-bond donors (Lipinski definition) is 1. The number of benzene rings is 1. The smallest absolute Gasteiger partial charge is 0.207 e. The normalized spacial score (nSPS) is 11.5. The summed E-state index contributed by atoms with van der Waals surface area (Å²) in [7, 11) is -1.28. The number of nitrogens with zero attached hydrogens (tertiary/aromatic N) is 2. The maximum absolute atomic E-state index is 11.2. The molecule has 0 aliphatic heterocycles. The van der Waals surface area contributed by atoms with Crippen LogP contribution in [0.2, 0.25) is 0 Å². The molecule has 1 N–H and O–H groups in total. The second kappa shape index (κ2) is 7.66. The third-order valence-electron chi connectivity index (χ3n) is 2.96. The second-order valence-corrected chi connectivity index (χ2v) is 7.97. The molecule has 8 heteroatoms. The summed E-state index contributed by atoms with van der Waals surface area (Å²) < 4.78 is 31.5. The second-order valence-electron chi connectivity index (χ2n) is 4.96. The molecule has 0 aliphatic carbocycles. The first-order valence-corrected chi connectivity index (χ1v) is 9.65. The van der Waals surface area contributed by atoms with Crippen LogP contribution in [0.4, 0.5) is 10.8 Å². The molecule has 6 nitrogen and oxygen atoms in total. The van der Waals surface area contributed by atoms with Crippen LogP contribution in [0, 0.1) is 0 Å². The number of ether oxygens (including phenoxy) is 1. The Bertz CT molecular complexity index is 696. The lowest BCUT2D eigenvalue weighted by atomic mass is 10.1. The molecule has 0 bridgehead atoms. The Balaban J connectivity index is 1.92. The molecule has 2 rings (SSSR count). The molecule has 0 saturated heterocycles. The molecule has 1 aromatic carbocycles. The van der Waals surface area contributed by atoms with E-state index >= 15 is 0 Å². The van der Waals surface area contributed by atoms with Gasteiger partial charge in [-0.3, -0.25) is 0 Å². The third kappa shape index (κ3) is 5.70. The summed E-state index contributed by atoms with van der Waals surface area (Å²) in [4.78, 5) is 4.37. The van der Waals surface area contributed by atoms with Gasteiger partial charge in [0.1, 0.15) is 15.7 Å². The number of methoxy groups -OCH3 is 1. The van der Waals surface area contributed by atoms with Crippen LogP contribution in [0.1, 0.15) is 11.4 Å². The Labute approximate surface area is 134 Å².